The molecule has 1 aliphatic rings. The number of nitrogens with one attached hydrogen (secondary N) is 1. The first-order valence-electron chi connectivity index (χ1n) is 7.48. The van der Waals surface area contributed by atoms with Gasteiger partial charge in [-0.25, -0.2) is 4.57 Å². The number of anilines is 1. The summed E-state index contributed by atoms with van der Waals surface area (Å²) in [5.74, 6) is 0.107. The van der Waals surface area contributed by atoms with Gasteiger partial charge in [-0.3, -0.25) is 9.59 Å². The second kappa shape index (κ2) is 6.12. The van der Waals surface area contributed by atoms with Crippen molar-refractivity contribution in [1.29, 1.82) is 0 Å². The second-order valence-corrected chi connectivity index (χ2v) is 5.31. The Morgan fingerprint density at radius 3 is 2.74 bits per heavy atom. The molecule has 0 saturated carbocycles. The molecule has 3 rings (SSSR count). The molecule has 0 fully saturated rings. The van der Waals surface area contributed by atoms with Crippen LogP contribution >= 0.6 is 0 Å². The number of ether oxygens (including phenoxy) is 1. The third-order valence-corrected chi connectivity index (χ3v) is 3.58. The van der Waals surface area contributed by atoms with E-state index < -0.39 is 0 Å². The van der Waals surface area contributed by atoms with Crippen LogP contribution in [0.3, 0.4) is 0 Å². The number of carbonyl (C=O) groups is 1. The molecule has 2 N–H and O–H groups in total. The van der Waals surface area contributed by atoms with E-state index in [4.69, 9.17) is 4.74 Å². The Morgan fingerprint density at radius 2 is 2.04 bits per heavy atom. The van der Waals surface area contributed by atoms with Crippen molar-refractivity contribution in [2.75, 3.05) is 11.9 Å². The first-order chi connectivity index (χ1) is 11.1. The predicted molar refractivity (Wildman–Crippen MR) is 84.2 cm³/mol. The number of rotatable bonds is 5. The molecule has 0 radical (unpaired) electrons. The van der Waals surface area contributed by atoms with Crippen LogP contribution in [0.15, 0.2) is 29.1 Å². The van der Waals surface area contributed by atoms with Gasteiger partial charge < -0.3 is 15.2 Å². The molecule has 1 aliphatic heterocycles. The molecule has 0 saturated heterocycles. The van der Waals surface area contributed by atoms with Gasteiger partial charge in [-0.1, -0.05) is 13.3 Å². The number of phenols is 1. The minimum Gasteiger partial charge on any atom is -0.508 e. The van der Waals surface area contributed by atoms with Gasteiger partial charge in [0.05, 0.1) is 24.3 Å². The molecule has 23 heavy (non-hydrogen) atoms. The SMILES string of the molecule is CCCCOc1nc2c(c(=O)n1-c1ccc(O)cc1)CC(=O)N2. The molecule has 120 valence electrons. The highest BCUT2D eigenvalue weighted by atomic mass is 16.5. The summed E-state index contributed by atoms with van der Waals surface area (Å²) in [6, 6.07) is 6.29. The van der Waals surface area contributed by atoms with E-state index in [1.165, 1.54) is 16.7 Å². The molecular formula is C16H17N3O4. The van der Waals surface area contributed by atoms with E-state index in [1.807, 2.05) is 6.92 Å². The summed E-state index contributed by atoms with van der Waals surface area (Å²) < 4.78 is 6.97. The van der Waals surface area contributed by atoms with Crippen molar-refractivity contribution in [2.45, 2.75) is 26.2 Å². The molecule has 0 aliphatic carbocycles. The van der Waals surface area contributed by atoms with Crippen molar-refractivity contribution in [3.8, 4) is 17.4 Å². The molecule has 1 amide bonds. The van der Waals surface area contributed by atoms with Crippen LogP contribution in [-0.4, -0.2) is 27.2 Å². The Labute approximate surface area is 132 Å². The van der Waals surface area contributed by atoms with Gasteiger partial charge in [0.2, 0.25) is 5.91 Å². The van der Waals surface area contributed by atoms with Crippen LogP contribution in [0.4, 0.5) is 5.82 Å². The lowest BCUT2D eigenvalue weighted by Gasteiger charge is -2.14. The average molecular weight is 315 g/mol. The van der Waals surface area contributed by atoms with Gasteiger partial charge in [0.25, 0.3) is 5.56 Å². The summed E-state index contributed by atoms with van der Waals surface area (Å²) in [4.78, 5) is 28.6. The first-order valence-corrected chi connectivity index (χ1v) is 7.48. The number of unbranched alkanes of at least 4 members (excludes halogenated alkanes) is 1. The van der Waals surface area contributed by atoms with E-state index in [-0.39, 0.29) is 35.5 Å². The fourth-order valence-electron chi connectivity index (χ4n) is 2.37. The molecular weight excluding hydrogens is 298 g/mol. The molecule has 1 aromatic carbocycles. The summed E-state index contributed by atoms with van der Waals surface area (Å²) >= 11 is 0. The summed E-state index contributed by atoms with van der Waals surface area (Å²) in [7, 11) is 0. The summed E-state index contributed by atoms with van der Waals surface area (Å²) in [6.45, 7) is 2.46. The van der Waals surface area contributed by atoms with E-state index >= 15 is 0 Å². The molecule has 0 unspecified atom stereocenters. The molecule has 7 nitrogen and oxygen atoms in total. The van der Waals surface area contributed by atoms with Crippen LogP contribution in [0.5, 0.6) is 11.8 Å². The van der Waals surface area contributed by atoms with Gasteiger partial charge in [-0.05, 0) is 30.7 Å². The number of hydrogen-bond acceptors (Lipinski definition) is 5. The van der Waals surface area contributed by atoms with E-state index in [2.05, 4.69) is 10.3 Å². The normalized spacial score (nSPS) is 12.8. The number of fused-ring (bicyclic) bond motifs is 1. The molecule has 0 bridgehead atoms. The second-order valence-electron chi connectivity index (χ2n) is 5.31. The van der Waals surface area contributed by atoms with E-state index in [0.717, 1.165) is 12.8 Å². The van der Waals surface area contributed by atoms with E-state index in [0.29, 0.717) is 17.9 Å². The van der Waals surface area contributed by atoms with Crippen molar-refractivity contribution >= 4 is 11.7 Å². The number of phenolic OH excluding ortho intramolecular Hbond substituents is 1. The minimum atomic E-state index is -0.342. The maximum Gasteiger partial charge on any atom is 0.305 e. The monoisotopic (exact) mass is 315 g/mol. The quantitative estimate of drug-likeness (QED) is 0.818. The smallest absolute Gasteiger partial charge is 0.305 e. The van der Waals surface area contributed by atoms with Gasteiger partial charge in [0, 0.05) is 0 Å². The van der Waals surface area contributed by atoms with Crippen LogP contribution in [-0.2, 0) is 11.2 Å². The number of aromatic hydroxyl groups is 1. The van der Waals surface area contributed by atoms with Gasteiger partial charge >= 0.3 is 6.01 Å². The minimum absolute atomic E-state index is 0.00842. The van der Waals surface area contributed by atoms with Crippen molar-refractivity contribution in [2.24, 2.45) is 0 Å². The van der Waals surface area contributed by atoms with E-state index in [1.54, 1.807) is 12.1 Å². The van der Waals surface area contributed by atoms with E-state index in [9.17, 15) is 14.7 Å². The number of carbonyl (C=O) groups excluding carboxylic acids is 1. The Bertz CT molecular complexity index is 796. The Kier molecular flexibility index (Phi) is 4.01. The fraction of sp³-hybridized carbons (Fsp3) is 0.312. The number of aromatic nitrogens is 2. The fourth-order valence-corrected chi connectivity index (χ4v) is 2.37. The third kappa shape index (κ3) is 2.90. The molecule has 2 heterocycles. The molecule has 0 atom stereocenters. The van der Waals surface area contributed by atoms with Gasteiger partial charge in [0.15, 0.2) is 0 Å². The summed E-state index contributed by atoms with van der Waals surface area (Å²) in [6.07, 6.45) is 1.79. The van der Waals surface area contributed by atoms with Gasteiger partial charge in [-0.15, -0.1) is 0 Å². The average Bonchev–Trinajstić information content (AvgIpc) is 2.90. The highest BCUT2D eigenvalue weighted by molar-refractivity contribution is 5.97. The molecule has 1 aromatic heterocycles. The zero-order chi connectivity index (χ0) is 16.4. The Morgan fingerprint density at radius 1 is 1.30 bits per heavy atom. The highest BCUT2D eigenvalue weighted by Crippen LogP contribution is 2.23. The van der Waals surface area contributed by atoms with Gasteiger partial charge in [-0.2, -0.15) is 4.98 Å². The van der Waals surface area contributed by atoms with Crippen LogP contribution in [0.2, 0.25) is 0 Å². The topological polar surface area (TPSA) is 93.4 Å². The number of nitrogens with zero attached hydrogens (tertiary/aromatic N) is 2. The van der Waals surface area contributed by atoms with Crippen molar-refractivity contribution in [3.63, 3.8) is 0 Å². The lowest BCUT2D eigenvalue weighted by molar-refractivity contribution is -0.115. The summed E-state index contributed by atoms with van der Waals surface area (Å²) in [5, 5.41) is 12.0. The highest BCUT2D eigenvalue weighted by Gasteiger charge is 2.26. The van der Waals surface area contributed by atoms with Crippen LogP contribution in [0.1, 0.15) is 25.3 Å². The number of benzene rings is 1. The van der Waals surface area contributed by atoms with Crippen LogP contribution < -0.4 is 15.6 Å². The van der Waals surface area contributed by atoms with Crippen molar-refractivity contribution < 1.29 is 14.6 Å². The standard InChI is InChI=1S/C16H17N3O4/c1-2-3-8-23-16-18-14-12(9-13(21)17-14)15(22)19(16)10-4-6-11(20)7-5-10/h4-7,20H,2-3,8-9H2,1H3,(H,17,21). The van der Waals surface area contributed by atoms with Crippen molar-refractivity contribution in [1.82, 2.24) is 9.55 Å². The largest absolute Gasteiger partial charge is 0.508 e. The number of hydrogen-bond donors (Lipinski definition) is 2. The molecule has 0 spiro atoms. The maximum absolute atomic E-state index is 12.7. The maximum atomic E-state index is 12.7. The lowest BCUT2D eigenvalue weighted by atomic mass is 10.2. The van der Waals surface area contributed by atoms with Gasteiger partial charge in [0.1, 0.15) is 11.6 Å². The molecule has 2 aromatic rings. The van der Waals surface area contributed by atoms with Crippen LogP contribution in [0.25, 0.3) is 5.69 Å². The number of amides is 1. The Hall–Kier alpha value is -2.83. The lowest BCUT2D eigenvalue weighted by Crippen LogP contribution is -2.25. The van der Waals surface area contributed by atoms with Crippen LogP contribution in [0, 0.1) is 0 Å². The zero-order valence-corrected chi connectivity index (χ0v) is 12.7. The first kappa shape index (κ1) is 15.1. The summed E-state index contributed by atoms with van der Waals surface area (Å²) in [5.41, 5.74) is 0.505. The third-order valence-electron chi connectivity index (χ3n) is 3.58. The van der Waals surface area contributed by atoms with Crippen molar-refractivity contribution in [3.05, 3.63) is 40.2 Å². The zero-order valence-electron chi connectivity index (χ0n) is 12.7. The molecule has 7 heteroatoms. The Balaban J connectivity index is 2.11. The predicted octanol–water partition coefficient (Wildman–Crippen LogP) is 1.61.